The van der Waals surface area contributed by atoms with E-state index >= 15 is 0 Å². The Bertz CT molecular complexity index is 1030. The summed E-state index contributed by atoms with van der Waals surface area (Å²) in [5, 5.41) is 5.78. The summed E-state index contributed by atoms with van der Waals surface area (Å²) in [7, 11) is 0. The molecule has 1 saturated heterocycles. The van der Waals surface area contributed by atoms with E-state index in [9.17, 15) is 4.79 Å². The number of benzene rings is 2. The van der Waals surface area contributed by atoms with Crippen molar-refractivity contribution < 1.29 is 14.3 Å². The first-order valence-electron chi connectivity index (χ1n) is 10.3. The SMILES string of the molecule is Cc1cccc(Oc2ccccc2NC(=O)NCc2ccnc(N3CCOCC3)c2)c1. The number of ether oxygens (including phenoxy) is 2. The van der Waals surface area contributed by atoms with E-state index in [0.29, 0.717) is 31.2 Å². The molecule has 0 spiro atoms. The Morgan fingerprint density at radius 3 is 2.77 bits per heavy atom. The van der Waals surface area contributed by atoms with Crippen LogP contribution < -0.4 is 20.3 Å². The number of carbonyl (C=O) groups excluding carboxylic acids is 1. The van der Waals surface area contributed by atoms with Crippen molar-refractivity contribution in [3.05, 3.63) is 78.0 Å². The van der Waals surface area contributed by atoms with E-state index in [0.717, 1.165) is 35.8 Å². The molecule has 2 amide bonds. The lowest BCUT2D eigenvalue weighted by molar-refractivity contribution is 0.122. The average molecular weight is 418 g/mol. The van der Waals surface area contributed by atoms with Gasteiger partial charge in [-0.2, -0.15) is 0 Å². The summed E-state index contributed by atoms with van der Waals surface area (Å²) >= 11 is 0. The Labute approximate surface area is 182 Å². The van der Waals surface area contributed by atoms with Gasteiger partial charge in [-0.15, -0.1) is 0 Å². The molecule has 0 saturated carbocycles. The molecule has 3 aromatic rings. The minimum Gasteiger partial charge on any atom is -0.455 e. The highest BCUT2D eigenvalue weighted by molar-refractivity contribution is 5.90. The standard InChI is InChI=1S/C24H26N4O3/c1-18-5-4-6-20(15-18)31-22-8-3-2-7-21(22)27-24(29)26-17-19-9-10-25-23(16-19)28-11-13-30-14-12-28/h2-10,15-16H,11-14,17H2,1H3,(H2,26,27,29). The lowest BCUT2D eigenvalue weighted by Gasteiger charge is -2.28. The number of nitrogens with zero attached hydrogens (tertiary/aromatic N) is 2. The number of aryl methyl sites for hydroxylation is 1. The average Bonchev–Trinajstić information content (AvgIpc) is 2.80. The van der Waals surface area contributed by atoms with Crippen LogP contribution in [-0.2, 0) is 11.3 Å². The first kappa shape index (κ1) is 20.7. The van der Waals surface area contributed by atoms with Gasteiger partial charge in [-0.25, -0.2) is 9.78 Å². The van der Waals surface area contributed by atoms with Crippen LogP contribution in [0.15, 0.2) is 66.9 Å². The predicted molar refractivity (Wildman–Crippen MR) is 121 cm³/mol. The molecule has 160 valence electrons. The summed E-state index contributed by atoms with van der Waals surface area (Å²) in [5.74, 6) is 2.21. The van der Waals surface area contributed by atoms with E-state index in [4.69, 9.17) is 9.47 Å². The Hall–Kier alpha value is -3.58. The second-order valence-electron chi connectivity index (χ2n) is 7.34. The first-order chi connectivity index (χ1) is 15.2. The van der Waals surface area contributed by atoms with Gasteiger partial charge < -0.3 is 25.0 Å². The lowest BCUT2D eigenvalue weighted by atomic mass is 10.2. The van der Waals surface area contributed by atoms with Gasteiger partial charge in [0.2, 0.25) is 0 Å². The largest absolute Gasteiger partial charge is 0.455 e. The third-order valence-electron chi connectivity index (χ3n) is 4.95. The molecule has 1 aliphatic heterocycles. The van der Waals surface area contributed by atoms with Crippen LogP contribution in [0.1, 0.15) is 11.1 Å². The Balaban J connectivity index is 1.36. The summed E-state index contributed by atoms with van der Waals surface area (Å²) in [5.41, 5.74) is 2.69. The van der Waals surface area contributed by atoms with Crippen LogP contribution in [0.25, 0.3) is 0 Å². The molecule has 0 aliphatic carbocycles. The molecular formula is C24H26N4O3. The second kappa shape index (κ2) is 9.95. The zero-order valence-corrected chi connectivity index (χ0v) is 17.5. The van der Waals surface area contributed by atoms with Crippen LogP contribution in [0.4, 0.5) is 16.3 Å². The van der Waals surface area contributed by atoms with Crippen molar-refractivity contribution in [3.63, 3.8) is 0 Å². The summed E-state index contributed by atoms with van der Waals surface area (Å²) < 4.78 is 11.4. The van der Waals surface area contributed by atoms with Crippen molar-refractivity contribution in [2.45, 2.75) is 13.5 Å². The molecule has 0 radical (unpaired) electrons. The van der Waals surface area contributed by atoms with E-state index in [1.54, 1.807) is 6.20 Å². The fourth-order valence-corrected chi connectivity index (χ4v) is 3.35. The van der Waals surface area contributed by atoms with Gasteiger partial charge in [0.25, 0.3) is 0 Å². The minimum absolute atomic E-state index is 0.301. The van der Waals surface area contributed by atoms with Crippen molar-refractivity contribution >= 4 is 17.5 Å². The molecule has 2 aromatic carbocycles. The highest BCUT2D eigenvalue weighted by atomic mass is 16.5. The Morgan fingerprint density at radius 1 is 1.10 bits per heavy atom. The minimum atomic E-state index is -0.301. The van der Waals surface area contributed by atoms with Crippen molar-refractivity contribution in [3.8, 4) is 11.5 Å². The number of aromatic nitrogens is 1. The molecule has 31 heavy (non-hydrogen) atoms. The molecule has 2 heterocycles. The van der Waals surface area contributed by atoms with E-state index in [1.165, 1.54) is 0 Å². The van der Waals surface area contributed by atoms with Crippen LogP contribution in [-0.4, -0.2) is 37.3 Å². The summed E-state index contributed by atoms with van der Waals surface area (Å²) in [6.07, 6.45) is 1.77. The molecule has 1 aromatic heterocycles. The number of urea groups is 1. The van der Waals surface area contributed by atoms with Crippen molar-refractivity contribution in [1.82, 2.24) is 10.3 Å². The van der Waals surface area contributed by atoms with Crippen LogP contribution in [0, 0.1) is 6.92 Å². The molecule has 1 fully saturated rings. The summed E-state index contributed by atoms with van der Waals surface area (Å²) in [6, 6.07) is 18.8. The van der Waals surface area contributed by atoms with Gasteiger partial charge in [-0.3, -0.25) is 0 Å². The van der Waals surface area contributed by atoms with Gasteiger partial charge in [0.15, 0.2) is 5.75 Å². The van der Waals surface area contributed by atoms with Gasteiger partial charge in [0.05, 0.1) is 18.9 Å². The number of amides is 2. The van der Waals surface area contributed by atoms with Crippen molar-refractivity contribution in [2.24, 2.45) is 0 Å². The van der Waals surface area contributed by atoms with Crippen molar-refractivity contribution in [2.75, 3.05) is 36.5 Å². The first-order valence-corrected chi connectivity index (χ1v) is 10.3. The van der Waals surface area contributed by atoms with Crippen LogP contribution in [0.5, 0.6) is 11.5 Å². The smallest absolute Gasteiger partial charge is 0.319 e. The maximum atomic E-state index is 12.5. The molecule has 2 N–H and O–H groups in total. The molecule has 0 unspecified atom stereocenters. The topological polar surface area (TPSA) is 75.7 Å². The van der Waals surface area contributed by atoms with E-state index < -0.39 is 0 Å². The number of morpholine rings is 1. The number of para-hydroxylation sites is 2. The zero-order chi connectivity index (χ0) is 21.5. The molecule has 4 rings (SSSR count). The fraction of sp³-hybridized carbons (Fsp3) is 0.250. The molecular weight excluding hydrogens is 392 g/mol. The third-order valence-corrected chi connectivity index (χ3v) is 4.95. The lowest BCUT2D eigenvalue weighted by Crippen LogP contribution is -2.36. The number of nitrogens with one attached hydrogen (secondary N) is 2. The molecule has 1 aliphatic rings. The normalized spacial score (nSPS) is 13.5. The number of rotatable bonds is 6. The maximum Gasteiger partial charge on any atom is 0.319 e. The fourth-order valence-electron chi connectivity index (χ4n) is 3.35. The molecule has 7 nitrogen and oxygen atoms in total. The van der Waals surface area contributed by atoms with Gasteiger partial charge >= 0.3 is 6.03 Å². The predicted octanol–water partition coefficient (Wildman–Crippen LogP) is 4.34. The third kappa shape index (κ3) is 5.73. The highest BCUT2D eigenvalue weighted by Crippen LogP contribution is 2.29. The van der Waals surface area contributed by atoms with E-state index in [1.807, 2.05) is 67.6 Å². The van der Waals surface area contributed by atoms with Crippen molar-refractivity contribution in [1.29, 1.82) is 0 Å². The van der Waals surface area contributed by atoms with Gasteiger partial charge in [0.1, 0.15) is 11.6 Å². The summed E-state index contributed by atoms with van der Waals surface area (Å²) in [4.78, 5) is 19.1. The number of anilines is 2. The molecule has 7 heteroatoms. The van der Waals surface area contributed by atoms with Crippen LogP contribution >= 0.6 is 0 Å². The number of carbonyl (C=O) groups is 1. The van der Waals surface area contributed by atoms with E-state index in [2.05, 4.69) is 20.5 Å². The van der Waals surface area contributed by atoms with Crippen LogP contribution in [0.3, 0.4) is 0 Å². The van der Waals surface area contributed by atoms with Gasteiger partial charge in [-0.1, -0.05) is 24.3 Å². The second-order valence-corrected chi connectivity index (χ2v) is 7.34. The monoisotopic (exact) mass is 418 g/mol. The zero-order valence-electron chi connectivity index (χ0n) is 17.5. The Morgan fingerprint density at radius 2 is 1.94 bits per heavy atom. The molecule has 0 bridgehead atoms. The maximum absolute atomic E-state index is 12.5. The van der Waals surface area contributed by atoms with Gasteiger partial charge in [-0.05, 0) is 54.4 Å². The highest BCUT2D eigenvalue weighted by Gasteiger charge is 2.13. The summed E-state index contributed by atoms with van der Waals surface area (Å²) in [6.45, 7) is 5.46. The number of pyridine rings is 1. The quantitative estimate of drug-likeness (QED) is 0.623. The number of hydrogen-bond acceptors (Lipinski definition) is 5. The Kier molecular flexibility index (Phi) is 6.64. The van der Waals surface area contributed by atoms with Crippen LogP contribution in [0.2, 0.25) is 0 Å². The van der Waals surface area contributed by atoms with E-state index in [-0.39, 0.29) is 6.03 Å². The molecule has 0 atom stereocenters. The number of hydrogen-bond donors (Lipinski definition) is 2. The van der Waals surface area contributed by atoms with Gasteiger partial charge in [0, 0.05) is 25.8 Å².